The second-order valence-corrected chi connectivity index (χ2v) is 7.69. The molecule has 7 heteroatoms. The summed E-state index contributed by atoms with van der Waals surface area (Å²) in [5.74, 6) is -0.420. The van der Waals surface area contributed by atoms with Gasteiger partial charge in [-0.2, -0.15) is 0 Å². The van der Waals surface area contributed by atoms with Crippen molar-refractivity contribution in [3.05, 3.63) is 64.5 Å². The molecule has 6 nitrogen and oxygen atoms in total. The molecular formula is C22H21FN4O2. The van der Waals surface area contributed by atoms with Crippen molar-refractivity contribution in [2.45, 2.75) is 19.9 Å². The highest BCUT2D eigenvalue weighted by Crippen LogP contribution is 2.26. The lowest BCUT2D eigenvalue weighted by Crippen LogP contribution is -2.49. The maximum Gasteiger partial charge on any atom is 0.345 e. The molecular weight excluding hydrogens is 371 g/mol. The highest BCUT2D eigenvalue weighted by Gasteiger charge is 2.18. The van der Waals surface area contributed by atoms with Crippen molar-refractivity contribution >= 4 is 22.3 Å². The number of aromatic nitrogens is 2. The number of nitrogens with zero attached hydrogens (tertiary/aromatic N) is 3. The molecule has 4 aromatic rings. The number of aryl methyl sites for hydroxylation is 1. The molecule has 0 spiro atoms. The first-order valence-corrected chi connectivity index (χ1v) is 9.69. The van der Waals surface area contributed by atoms with Gasteiger partial charge in [0.1, 0.15) is 5.58 Å². The molecule has 1 atom stereocenters. The van der Waals surface area contributed by atoms with Crippen LogP contribution in [0.5, 0.6) is 0 Å². The topological polar surface area (TPSA) is 62.8 Å². The van der Waals surface area contributed by atoms with Crippen LogP contribution in [0.15, 0.2) is 51.9 Å². The average Bonchev–Trinajstić information content (AvgIpc) is 3.11. The number of hydrogen-bond donors (Lipinski definition) is 1. The number of anilines is 1. The third-order valence-corrected chi connectivity index (χ3v) is 5.37. The minimum atomic E-state index is -0.483. The first-order chi connectivity index (χ1) is 14.0. The summed E-state index contributed by atoms with van der Waals surface area (Å²) in [6.07, 6.45) is 3.43. The van der Waals surface area contributed by atoms with E-state index in [1.807, 2.05) is 25.1 Å². The Morgan fingerprint density at radius 3 is 2.93 bits per heavy atom. The summed E-state index contributed by atoms with van der Waals surface area (Å²) < 4.78 is 21.4. The SMILES string of the molecule is Cc1cc(F)c2nc(-c3cc4ccc(N5CCN[C@H](C)C5)cc4oc3=O)cn2c1. The third kappa shape index (κ3) is 3.17. The van der Waals surface area contributed by atoms with Crippen molar-refractivity contribution in [2.75, 3.05) is 24.5 Å². The van der Waals surface area contributed by atoms with Crippen LogP contribution >= 0.6 is 0 Å². The summed E-state index contributed by atoms with van der Waals surface area (Å²) >= 11 is 0. The minimum Gasteiger partial charge on any atom is -0.422 e. The molecule has 1 fully saturated rings. The zero-order valence-electron chi connectivity index (χ0n) is 16.3. The first-order valence-electron chi connectivity index (χ1n) is 9.69. The van der Waals surface area contributed by atoms with Gasteiger partial charge in [-0.05, 0) is 43.7 Å². The van der Waals surface area contributed by atoms with E-state index in [0.29, 0.717) is 22.9 Å². The van der Waals surface area contributed by atoms with Gasteiger partial charge in [-0.25, -0.2) is 14.2 Å². The molecule has 0 saturated carbocycles. The standard InChI is InChI=1S/C22H21FN4O2/c1-13-7-18(23)21-25-19(12-27(21)10-13)17-8-15-3-4-16(9-20(15)29-22(17)28)26-6-5-24-14(2)11-26/h3-4,7-10,12,14,24H,5-6,11H2,1-2H3/t14-/m1/s1. The fraction of sp³-hybridized carbons (Fsp3) is 0.273. The van der Waals surface area contributed by atoms with Gasteiger partial charge in [0.05, 0.1) is 11.3 Å². The predicted octanol–water partition coefficient (Wildman–Crippen LogP) is 3.35. The molecule has 3 aromatic heterocycles. The van der Waals surface area contributed by atoms with E-state index in [1.165, 1.54) is 6.07 Å². The lowest BCUT2D eigenvalue weighted by atomic mass is 10.1. The number of hydrogen-bond acceptors (Lipinski definition) is 5. The van der Waals surface area contributed by atoms with Gasteiger partial charge >= 0.3 is 5.63 Å². The number of halogens is 1. The number of imidazole rings is 1. The Balaban J connectivity index is 1.58. The molecule has 1 N–H and O–H groups in total. The monoisotopic (exact) mass is 392 g/mol. The summed E-state index contributed by atoms with van der Waals surface area (Å²) in [6, 6.07) is 9.49. The summed E-state index contributed by atoms with van der Waals surface area (Å²) in [4.78, 5) is 19.3. The lowest BCUT2D eigenvalue weighted by Gasteiger charge is -2.33. The van der Waals surface area contributed by atoms with Crippen molar-refractivity contribution in [1.82, 2.24) is 14.7 Å². The molecule has 1 aliphatic rings. The van der Waals surface area contributed by atoms with Crippen LogP contribution in [0.4, 0.5) is 10.1 Å². The van der Waals surface area contributed by atoms with Crippen molar-refractivity contribution < 1.29 is 8.81 Å². The Morgan fingerprint density at radius 2 is 2.10 bits per heavy atom. The Bertz CT molecular complexity index is 1290. The summed E-state index contributed by atoms with van der Waals surface area (Å²) in [5, 5.41) is 4.23. The molecule has 0 bridgehead atoms. The second kappa shape index (κ2) is 6.70. The third-order valence-electron chi connectivity index (χ3n) is 5.37. The normalized spacial score (nSPS) is 17.3. The fourth-order valence-electron chi connectivity index (χ4n) is 3.96. The second-order valence-electron chi connectivity index (χ2n) is 7.69. The number of rotatable bonds is 2. The molecule has 0 aliphatic carbocycles. The highest BCUT2D eigenvalue weighted by atomic mass is 19.1. The molecule has 1 aromatic carbocycles. The van der Waals surface area contributed by atoms with E-state index in [-0.39, 0.29) is 5.65 Å². The van der Waals surface area contributed by atoms with Crippen molar-refractivity contribution in [3.8, 4) is 11.3 Å². The average molecular weight is 392 g/mol. The van der Waals surface area contributed by atoms with E-state index < -0.39 is 11.4 Å². The molecule has 148 valence electrons. The number of fused-ring (bicyclic) bond motifs is 2. The Kier molecular flexibility index (Phi) is 4.13. The quantitative estimate of drug-likeness (QED) is 0.530. The van der Waals surface area contributed by atoms with Crippen LogP contribution in [0.1, 0.15) is 12.5 Å². The van der Waals surface area contributed by atoms with Crippen LogP contribution in [0.3, 0.4) is 0 Å². The molecule has 0 amide bonds. The Labute approximate surface area is 166 Å². The van der Waals surface area contributed by atoms with Crippen LogP contribution in [-0.4, -0.2) is 35.1 Å². The van der Waals surface area contributed by atoms with Gasteiger partial charge in [0.15, 0.2) is 11.5 Å². The van der Waals surface area contributed by atoms with E-state index >= 15 is 0 Å². The zero-order valence-corrected chi connectivity index (χ0v) is 16.3. The van der Waals surface area contributed by atoms with Crippen LogP contribution in [0, 0.1) is 12.7 Å². The molecule has 0 unspecified atom stereocenters. The molecule has 29 heavy (non-hydrogen) atoms. The summed E-state index contributed by atoms with van der Waals surface area (Å²) in [6.45, 7) is 6.69. The molecule has 4 heterocycles. The maximum absolute atomic E-state index is 14.2. The van der Waals surface area contributed by atoms with Gasteiger partial charge in [0.2, 0.25) is 0 Å². The highest BCUT2D eigenvalue weighted by molar-refractivity contribution is 5.84. The maximum atomic E-state index is 14.2. The minimum absolute atomic E-state index is 0.188. The Morgan fingerprint density at radius 1 is 1.24 bits per heavy atom. The van der Waals surface area contributed by atoms with Crippen molar-refractivity contribution in [2.24, 2.45) is 0 Å². The number of benzene rings is 1. The van der Waals surface area contributed by atoms with Gasteiger partial charge < -0.3 is 19.0 Å². The van der Waals surface area contributed by atoms with E-state index in [4.69, 9.17) is 4.42 Å². The lowest BCUT2D eigenvalue weighted by molar-refractivity contribution is 0.484. The van der Waals surface area contributed by atoms with Gasteiger partial charge in [0, 0.05) is 55.2 Å². The van der Waals surface area contributed by atoms with Crippen LogP contribution in [-0.2, 0) is 0 Å². The van der Waals surface area contributed by atoms with E-state index in [1.54, 1.807) is 22.9 Å². The zero-order chi connectivity index (χ0) is 20.1. The first kappa shape index (κ1) is 17.9. The Hall–Kier alpha value is -3.19. The van der Waals surface area contributed by atoms with Crippen LogP contribution in [0.25, 0.3) is 27.9 Å². The van der Waals surface area contributed by atoms with E-state index in [0.717, 1.165) is 36.3 Å². The van der Waals surface area contributed by atoms with E-state index in [9.17, 15) is 9.18 Å². The van der Waals surface area contributed by atoms with Crippen molar-refractivity contribution in [1.29, 1.82) is 0 Å². The largest absolute Gasteiger partial charge is 0.422 e. The van der Waals surface area contributed by atoms with Crippen molar-refractivity contribution in [3.63, 3.8) is 0 Å². The number of piperazine rings is 1. The number of pyridine rings is 1. The predicted molar refractivity (Wildman–Crippen MR) is 111 cm³/mol. The van der Waals surface area contributed by atoms with Crippen LogP contribution < -0.4 is 15.8 Å². The van der Waals surface area contributed by atoms with Gasteiger partial charge in [-0.1, -0.05) is 0 Å². The smallest absolute Gasteiger partial charge is 0.345 e. The molecule has 0 radical (unpaired) electrons. The van der Waals surface area contributed by atoms with Gasteiger partial charge in [-0.15, -0.1) is 0 Å². The molecule has 1 saturated heterocycles. The van der Waals surface area contributed by atoms with Gasteiger partial charge in [0.25, 0.3) is 0 Å². The summed E-state index contributed by atoms with van der Waals surface area (Å²) in [5.41, 5.74) is 2.77. The fourth-order valence-corrected chi connectivity index (χ4v) is 3.96. The van der Waals surface area contributed by atoms with E-state index in [2.05, 4.69) is 22.1 Å². The van der Waals surface area contributed by atoms with Crippen LogP contribution in [0.2, 0.25) is 0 Å². The number of nitrogens with one attached hydrogen (secondary N) is 1. The van der Waals surface area contributed by atoms with Gasteiger partial charge in [-0.3, -0.25) is 0 Å². The summed E-state index contributed by atoms with van der Waals surface area (Å²) in [7, 11) is 0. The molecule has 5 rings (SSSR count). The molecule has 1 aliphatic heterocycles.